The minimum absolute atomic E-state index is 0.0602. The maximum atomic E-state index is 13.3. The lowest BCUT2D eigenvalue weighted by molar-refractivity contribution is -0.135. The summed E-state index contributed by atoms with van der Waals surface area (Å²) in [6.45, 7) is 3.68. The lowest BCUT2D eigenvalue weighted by Crippen LogP contribution is -2.69. The molecule has 5 atom stereocenters. The van der Waals surface area contributed by atoms with E-state index in [1.807, 2.05) is 54.4 Å². The number of hydrogen-bond donors (Lipinski definition) is 0. The molecule has 6 nitrogen and oxygen atoms in total. The topological polar surface area (TPSA) is 59.1 Å². The molecule has 2 aromatic rings. The predicted molar refractivity (Wildman–Crippen MR) is 143 cm³/mol. The summed E-state index contributed by atoms with van der Waals surface area (Å²) >= 11 is 0. The first-order valence-electron chi connectivity index (χ1n) is 14.0. The Hall–Kier alpha value is -3.30. The summed E-state index contributed by atoms with van der Waals surface area (Å²) < 4.78 is 12.6. The number of piperidine rings is 1. The number of rotatable bonds is 4. The number of carbonyl (C=O) groups excluding carboxylic acids is 2. The van der Waals surface area contributed by atoms with Crippen LogP contribution in [0, 0.1) is 23.7 Å². The van der Waals surface area contributed by atoms with Crippen molar-refractivity contribution < 1.29 is 19.1 Å². The van der Waals surface area contributed by atoms with E-state index in [-0.39, 0.29) is 29.4 Å². The Kier molecular flexibility index (Phi) is 5.56. The summed E-state index contributed by atoms with van der Waals surface area (Å²) in [4.78, 5) is 29.8. The third-order valence-electron chi connectivity index (χ3n) is 9.75. The lowest BCUT2D eigenvalue weighted by Gasteiger charge is -2.60. The van der Waals surface area contributed by atoms with Crippen LogP contribution in [0.1, 0.15) is 55.7 Å². The molecule has 1 saturated heterocycles. The molecule has 38 heavy (non-hydrogen) atoms. The van der Waals surface area contributed by atoms with Crippen LogP contribution < -0.4 is 9.47 Å². The van der Waals surface area contributed by atoms with Crippen molar-refractivity contribution in [2.75, 3.05) is 20.1 Å². The lowest BCUT2D eigenvalue weighted by atomic mass is 9.51. The molecule has 0 aromatic heterocycles. The third-order valence-corrected chi connectivity index (χ3v) is 9.75. The zero-order chi connectivity index (χ0) is 26.0. The van der Waals surface area contributed by atoms with Crippen LogP contribution in [0.4, 0.5) is 0 Å². The highest BCUT2D eigenvalue weighted by molar-refractivity contribution is 5.94. The van der Waals surface area contributed by atoms with Crippen LogP contribution in [-0.4, -0.2) is 60.0 Å². The van der Waals surface area contributed by atoms with Crippen molar-refractivity contribution in [3.63, 3.8) is 0 Å². The summed E-state index contributed by atoms with van der Waals surface area (Å²) in [6, 6.07) is 13.9. The van der Waals surface area contributed by atoms with Crippen molar-refractivity contribution in [3.05, 3.63) is 59.2 Å². The van der Waals surface area contributed by atoms with Crippen LogP contribution in [0.15, 0.2) is 42.5 Å². The molecular formula is C32H34N2O4. The van der Waals surface area contributed by atoms with Gasteiger partial charge < -0.3 is 14.4 Å². The van der Waals surface area contributed by atoms with E-state index in [1.54, 1.807) is 0 Å². The number of hydrogen-bond acceptors (Lipinski definition) is 5. The average molecular weight is 511 g/mol. The number of ether oxygens (including phenoxy) is 2. The molecular weight excluding hydrogens is 476 g/mol. The second-order valence-corrected chi connectivity index (χ2v) is 11.8. The van der Waals surface area contributed by atoms with Gasteiger partial charge in [-0.3, -0.25) is 14.5 Å². The van der Waals surface area contributed by atoms with Gasteiger partial charge in [0.15, 0.2) is 0 Å². The molecule has 3 fully saturated rings. The fourth-order valence-electron chi connectivity index (χ4n) is 7.99. The summed E-state index contributed by atoms with van der Waals surface area (Å²) in [5.74, 6) is 8.31. The number of nitrogens with zero attached hydrogens (tertiary/aromatic N) is 2. The maximum Gasteiger partial charge on any atom is 0.308 e. The second kappa shape index (κ2) is 8.88. The van der Waals surface area contributed by atoms with Crippen LogP contribution in [0.25, 0.3) is 0 Å². The molecule has 0 N–H and O–H groups in total. The first-order valence-corrected chi connectivity index (χ1v) is 14.0. The fraction of sp³-hybridized carbons (Fsp3) is 0.500. The Morgan fingerprint density at radius 1 is 1.13 bits per heavy atom. The van der Waals surface area contributed by atoms with Crippen molar-refractivity contribution in [3.8, 4) is 23.3 Å². The van der Waals surface area contributed by atoms with Crippen LogP contribution in [-0.2, 0) is 21.4 Å². The Labute approximate surface area is 224 Å². The highest BCUT2D eigenvalue weighted by Gasteiger charge is 2.66. The van der Waals surface area contributed by atoms with Gasteiger partial charge in [-0.2, -0.15) is 0 Å². The quantitative estimate of drug-likeness (QED) is 0.354. The Bertz CT molecular complexity index is 1360. The molecule has 0 radical (unpaired) electrons. The number of benzene rings is 2. The molecule has 6 heteroatoms. The molecule has 3 aliphatic carbocycles. The molecule has 196 valence electrons. The van der Waals surface area contributed by atoms with E-state index in [1.165, 1.54) is 25.3 Å². The summed E-state index contributed by atoms with van der Waals surface area (Å²) in [5.41, 5.74) is 3.05. The SMILES string of the molecule is CC(=O)Oc1ccc2c3c1C[C@@H]1[C@@H]4CC[C@H](N(C)C(=O)C#Cc5ccccc5)[C@H](O2)[C@]34CCN1CC1CC1. The Balaban J connectivity index is 1.26. The molecule has 0 unspecified atom stereocenters. The number of likely N-dealkylation sites (tertiary alicyclic amines) is 1. The Morgan fingerprint density at radius 3 is 2.71 bits per heavy atom. The molecule has 1 amide bonds. The smallest absolute Gasteiger partial charge is 0.308 e. The van der Waals surface area contributed by atoms with Crippen molar-refractivity contribution in [2.24, 2.45) is 11.8 Å². The molecule has 2 aromatic carbocycles. The highest BCUT2D eigenvalue weighted by Crippen LogP contribution is 2.64. The van der Waals surface area contributed by atoms with E-state index in [2.05, 4.69) is 16.7 Å². The summed E-state index contributed by atoms with van der Waals surface area (Å²) in [6.07, 6.45) is 6.40. The first-order chi connectivity index (χ1) is 18.5. The monoisotopic (exact) mass is 510 g/mol. The summed E-state index contributed by atoms with van der Waals surface area (Å²) in [5, 5.41) is 0. The number of esters is 1. The van der Waals surface area contributed by atoms with Crippen LogP contribution in [0.3, 0.4) is 0 Å². The first kappa shape index (κ1) is 23.8. The minimum atomic E-state index is -0.292. The molecule has 1 spiro atoms. The van der Waals surface area contributed by atoms with Crippen LogP contribution >= 0.6 is 0 Å². The zero-order valence-electron chi connectivity index (χ0n) is 22.1. The van der Waals surface area contributed by atoms with E-state index in [9.17, 15) is 9.59 Å². The van der Waals surface area contributed by atoms with Crippen molar-refractivity contribution in [1.29, 1.82) is 0 Å². The predicted octanol–water partition coefficient (Wildman–Crippen LogP) is 3.94. The molecule has 2 bridgehead atoms. The Morgan fingerprint density at radius 2 is 1.95 bits per heavy atom. The van der Waals surface area contributed by atoms with Gasteiger partial charge in [0.25, 0.3) is 5.91 Å². The zero-order valence-corrected chi connectivity index (χ0v) is 22.1. The molecule has 2 saturated carbocycles. The van der Waals surface area contributed by atoms with Gasteiger partial charge in [-0.1, -0.05) is 24.1 Å². The number of amides is 1. The second-order valence-electron chi connectivity index (χ2n) is 11.8. The van der Waals surface area contributed by atoms with Gasteiger partial charge >= 0.3 is 5.97 Å². The minimum Gasteiger partial charge on any atom is -0.487 e. The maximum absolute atomic E-state index is 13.3. The largest absolute Gasteiger partial charge is 0.487 e. The molecule has 7 rings (SSSR count). The van der Waals surface area contributed by atoms with E-state index in [4.69, 9.17) is 9.47 Å². The van der Waals surface area contributed by atoms with Gasteiger partial charge in [0, 0.05) is 54.6 Å². The molecule has 2 heterocycles. The van der Waals surface area contributed by atoms with Crippen LogP contribution in [0.2, 0.25) is 0 Å². The van der Waals surface area contributed by atoms with E-state index >= 15 is 0 Å². The fourth-order valence-corrected chi connectivity index (χ4v) is 7.99. The van der Waals surface area contributed by atoms with Crippen molar-refractivity contribution >= 4 is 11.9 Å². The van der Waals surface area contributed by atoms with E-state index in [0.29, 0.717) is 17.7 Å². The normalized spacial score (nSPS) is 30.4. The summed E-state index contributed by atoms with van der Waals surface area (Å²) in [7, 11) is 1.88. The van der Waals surface area contributed by atoms with Crippen molar-refractivity contribution in [2.45, 2.75) is 69.1 Å². The highest BCUT2D eigenvalue weighted by atomic mass is 16.5. The van der Waals surface area contributed by atoms with Gasteiger partial charge in [0.05, 0.1) is 6.04 Å². The van der Waals surface area contributed by atoms with Gasteiger partial charge in [0.2, 0.25) is 0 Å². The van der Waals surface area contributed by atoms with Gasteiger partial charge in [-0.15, -0.1) is 0 Å². The van der Waals surface area contributed by atoms with Gasteiger partial charge in [-0.25, -0.2) is 0 Å². The van der Waals surface area contributed by atoms with Crippen LogP contribution in [0.5, 0.6) is 11.5 Å². The van der Waals surface area contributed by atoms with Crippen molar-refractivity contribution in [1.82, 2.24) is 9.80 Å². The average Bonchev–Trinajstić information content (AvgIpc) is 3.67. The van der Waals surface area contributed by atoms with E-state index < -0.39 is 0 Å². The molecule has 5 aliphatic rings. The number of likely N-dealkylation sites (N-methyl/N-ethyl adjacent to an activating group) is 1. The van der Waals surface area contributed by atoms with Gasteiger partial charge in [-0.05, 0) is 81.2 Å². The number of carbonyl (C=O) groups is 2. The van der Waals surface area contributed by atoms with E-state index in [0.717, 1.165) is 61.6 Å². The third kappa shape index (κ3) is 3.66. The van der Waals surface area contributed by atoms with Gasteiger partial charge in [0.1, 0.15) is 17.6 Å². The molecule has 2 aliphatic heterocycles. The standard InChI is InChI=1S/C32H34N2O4/c1-20(35)37-27-13-14-28-30-23(27)18-26-24-11-12-25(33(2)29(36)15-10-21-6-4-3-5-7-21)31(38-28)32(24,30)16-17-34(26)19-22-8-9-22/h3-7,13-14,22,24-26,31H,8-9,11-12,16-19H2,1-2H3/t24-,25-,26+,31-,32-/m0/s1.